The zero-order valence-electron chi connectivity index (χ0n) is 10.5. The molecule has 0 spiro atoms. The van der Waals surface area contributed by atoms with Crippen LogP contribution in [0.3, 0.4) is 0 Å². The molecule has 1 amide bonds. The van der Waals surface area contributed by atoms with E-state index in [-0.39, 0.29) is 5.91 Å². The van der Waals surface area contributed by atoms with Gasteiger partial charge in [-0.3, -0.25) is 9.69 Å². The molecule has 18 heavy (non-hydrogen) atoms. The van der Waals surface area contributed by atoms with Crippen molar-refractivity contribution in [3.05, 3.63) is 28.8 Å². The van der Waals surface area contributed by atoms with Crippen LogP contribution in [0.2, 0.25) is 5.02 Å². The molecular formula is C13H18ClN3O. The maximum absolute atomic E-state index is 11.8. The summed E-state index contributed by atoms with van der Waals surface area (Å²) in [6.07, 6.45) is 0.988. The van der Waals surface area contributed by atoms with E-state index in [4.69, 9.17) is 17.3 Å². The fourth-order valence-corrected chi connectivity index (χ4v) is 2.32. The first-order valence-electron chi connectivity index (χ1n) is 6.06. The Balaban J connectivity index is 2.08. The predicted molar refractivity (Wildman–Crippen MR) is 73.4 cm³/mol. The molecule has 2 rings (SSSR count). The summed E-state index contributed by atoms with van der Waals surface area (Å²) in [7, 11) is 1.85. The van der Waals surface area contributed by atoms with Crippen LogP contribution in [0.25, 0.3) is 0 Å². The number of nitrogens with zero attached hydrogens (tertiary/aromatic N) is 2. The lowest BCUT2D eigenvalue weighted by atomic mass is 10.2. The molecule has 1 aromatic rings. The first kappa shape index (κ1) is 13.2. The van der Waals surface area contributed by atoms with E-state index in [9.17, 15) is 4.79 Å². The monoisotopic (exact) mass is 267 g/mol. The maximum atomic E-state index is 11.8. The van der Waals surface area contributed by atoms with Crippen molar-refractivity contribution in [1.29, 1.82) is 0 Å². The number of nitrogen functional groups attached to an aromatic ring is 1. The number of hydrogen-bond acceptors (Lipinski definition) is 3. The van der Waals surface area contributed by atoms with Crippen LogP contribution < -0.4 is 5.73 Å². The number of anilines is 1. The number of hydrogen-bond donors (Lipinski definition) is 1. The van der Waals surface area contributed by atoms with Gasteiger partial charge in [0, 0.05) is 37.4 Å². The molecule has 5 heteroatoms. The lowest BCUT2D eigenvalue weighted by Crippen LogP contribution is -2.34. The van der Waals surface area contributed by atoms with Crippen LogP contribution in [0.15, 0.2) is 18.2 Å². The number of nitrogens with two attached hydrogens (primary N) is 1. The summed E-state index contributed by atoms with van der Waals surface area (Å²) in [5.74, 6) is 0.160. The maximum Gasteiger partial charge on any atom is 0.236 e. The molecule has 1 aromatic carbocycles. The van der Waals surface area contributed by atoms with E-state index in [1.54, 1.807) is 17.0 Å². The Hall–Kier alpha value is -1.26. The van der Waals surface area contributed by atoms with Crippen molar-refractivity contribution in [2.24, 2.45) is 0 Å². The standard InChI is InChI=1S/C13H18ClN3O/c1-16-5-2-6-17(9-13(16)18)8-10-7-11(15)3-4-12(10)14/h3-4,7H,2,5-6,8-9,15H2,1H3. The Labute approximate surface area is 112 Å². The quantitative estimate of drug-likeness (QED) is 0.828. The van der Waals surface area contributed by atoms with Crippen molar-refractivity contribution >= 4 is 23.2 Å². The number of carbonyl (C=O) groups is 1. The number of carbonyl (C=O) groups excluding carboxylic acids is 1. The molecule has 0 radical (unpaired) electrons. The molecule has 98 valence electrons. The van der Waals surface area contributed by atoms with Gasteiger partial charge in [-0.25, -0.2) is 0 Å². The van der Waals surface area contributed by atoms with Crippen LogP contribution in [0.5, 0.6) is 0 Å². The number of benzene rings is 1. The fraction of sp³-hybridized carbons (Fsp3) is 0.462. The van der Waals surface area contributed by atoms with E-state index in [1.165, 1.54) is 0 Å². The van der Waals surface area contributed by atoms with Crippen LogP contribution in [0, 0.1) is 0 Å². The molecule has 1 aliphatic heterocycles. The third-order valence-electron chi connectivity index (χ3n) is 3.22. The molecule has 1 saturated heterocycles. The molecule has 0 saturated carbocycles. The van der Waals surface area contributed by atoms with Crippen LogP contribution >= 0.6 is 11.6 Å². The second kappa shape index (κ2) is 5.59. The largest absolute Gasteiger partial charge is 0.399 e. The zero-order valence-corrected chi connectivity index (χ0v) is 11.3. The van der Waals surface area contributed by atoms with Gasteiger partial charge < -0.3 is 10.6 Å². The van der Waals surface area contributed by atoms with Gasteiger partial charge in [0.15, 0.2) is 0 Å². The molecule has 1 fully saturated rings. The third kappa shape index (κ3) is 3.15. The summed E-state index contributed by atoms with van der Waals surface area (Å²) < 4.78 is 0. The van der Waals surface area contributed by atoms with Crippen LogP contribution in [-0.2, 0) is 11.3 Å². The number of halogens is 1. The molecule has 4 nitrogen and oxygen atoms in total. The molecule has 0 atom stereocenters. The van der Waals surface area contributed by atoms with Crippen molar-refractivity contribution in [3.63, 3.8) is 0 Å². The van der Waals surface area contributed by atoms with Crippen molar-refractivity contribution in [3.8, 4) is 0 Å². The molecule has 0 bridgehead atoms. The number of likely N-dealkylation sites (N-methyl/N-ethyl adjacent to an activating group) is 1. The molecule has 0 aromatic heterocycles. The van der Waals surface area contributed by atoms with Gasteiger partial charge in [-0.1, -0.05) is 11.6 Å². The number of rotatable bonds is 2. The Morgan fingerprint density at radius 2 is 2.17 bits per heavy atom. The Morgan fingerprint density at radius 1 is 1.39 bits per heavy atom. The Kier molecular flexibility index (Phi) is 4.09. The van der Waals surface area contributed by atoms with Crippen molar-refractivity contribution in [2.75, 3.05) is 32.4 Å². The minimum atomic E-state index is 0.160. The van der Waals surface area contributed by atoms with Gasteiger partial charge >= 0.3 is 0 Å². The number of amides is 1. The SMILES string of the molecule is CN1CCCN(Cc2cc(N)ccc2Cl)CC1=O. The minimum Gasteiger partial charge on any atom is -0.399 e. The van der Waals surface area contributed by atoms with Crippen molar-refractivity contribution in [2.45, 2.75) is 13.0 Å². The highest BCUT2D eigenvalue weighted by molar-refractivity contribution is 6.31. The van der Waals surface area contributed by atoms with E-state index in [0.29, 0.717) is 23.8 Å². The van der Waals surface area contributed by atoms with E-state index in [0.717, 1.165) is 25.1 Å². The fourth-order valence-electron chi connectivity index (χ4n) is 2.14. The minimum absolute atomic E-state index is 0.160. The molecule has 1 aliphatic rings. The highest BCUT2D eigenvalue weighted by Crippen LogP contribution is 2.21. The molecule has 0 aliphatic carbocycles. The van der Waals surface area contributed by atoms with Crippen LogP contribution in [0.4, 0.5) is 5.69 Å². The summed E-state index contributed by atoms with van der Waals surface area (Å²) in [5, 5.41) is 0.703. The van der Waals surface area contributed by atoms with E-state index in [2.05, 4.69) is 4.90 Å². The molecular weight excluding hydrogens is 250 g/mol. The zero-order chi connectivity index (χ0) is 13.1. The van der Waals surface area contributed by atoms with Gasteiger partial charge in [0.1, 0.15) is 0 Å². The first-order chi connectivity index (χ1) is 8.56. The molecule has 0 unspecified atom stereocenters. The third-order valence-corrected chi connectivity index (χ3v) is 3.58. The summed E-state index contributed by atoms with van der Waals surface area (Å²) in [5.41, 5.74) is 7.44. The lowest BCUT2D eigenvalue weighted by molar-refractivity contribution is -0.129. The van der Waals surface area contributed by atoms with Gasteiger partial charge in [-0.15, -0.1) is 0 Å². The van der Waals surface area contributed by atoms with Gasteiger partial charge in [-0.05, 0) is 30.2 Å². The molecule has 2 N–H and O–H groups in total. The lowest BCUT2D eigenvalue weighted by Gasteiger charge is -2.20. The Morgan fingerprint density at radius 3 is 2.94 bits per heavy atom. The van der Waals surface area contributed by atoms with Gasteiger partial charge in [0.2, 0.25) is 5.91 Å². The normalized spacial score (nSPS) is 17.9. The van der Waals surface area contributed by atoms with E-state index >= 15 is 0 Å². The smallest absolute Gasteiger partial charge is 0.236 e. The summed E-state index contributed by atoms with van der Waals surface area (Å²) in [4.78, 5) is 15.7. The van der Waals surface area contributed by atoms with Gasteiger partial charge in [-0.2, -0.15) is 0 Å². The first-order valence-corrected chi connectivity index (χ1v) is 6.44. The topological polar surface area (TPSA) is 49.6 Å². The summed E-state index contributed by atoms with van der Waals surface area (Å²) in [6.45, 7) is 2.84. The van der Waals surface area contributed by atoms with E-state index < -0.39 is 0 Å². The van der Waals surface area contributed by atoms with Crippen LogP contribution in [-0.4, -0.2) is 42.4 Å². The van der Waals surface area contributed by atoms with E-state index in [1.807, 2.05) is 13.1 Å². The average molecular weight is 268 g/mol. The molecule has 1 heterocycles. The van der Waals surface area contributed by atoms with Gasteiger partial charge in [0.05, 0.1) is 6.54 Å². The van der Waals surface area contributed by atoms with Gasteiger partial charge in [0.25, 0.3) is 0 Å². The van der Waals surface area contributed by atoms with Crippen molar-refractivity contribution in [1.82, 2.24) is 9.80 Å². The summed E-state index contributed by atoms with van der Waals surface area (Å²) >= 11 is 6.14. The highest BCUT2D eigenvalue weighted by Gasteiger charge is 2.19. The average Bonchev–Trinajstić information content (AvgIpc) is 2.47. The second-order valence-corrected chi connectivity index (χ2v) is 5.14. The van der Waals surface area contributed by atoms with Crippen molar-refractivity contribution < 1.29 is 4.79 Å². The summed E-state index contributed by atoms with van der Waals surface area (Å²) in [6, 6.07) is 5.46. The Bertz CT molecular complexity index is 450. The van der Waals surface area contributed by atoms with Crippen LogP contribution in [0.1, 0.15) is 12.0 Å². The predicted octanol–water partition coefficient (Wildman–Crippen LogP) is 1.59. The second-order valence-electron chi connectivity index (χ2n) is 4.73. The highest BCUT2D eigenvalue weighted by atomic mass is 35.5.